The highest BCUT2D eigenvalue weighted by atomic mass is 16.5. The number of carbonyl (C=O) groups is 1. The van der Waals surface area contributed by atoms with Crippen LogP contribution in [0, 0.1) is 12.2 Å². The number of hydrogen-bond donors (Lipinski definition) is 2. The number of nitrogens with one attached hydrogen (secondary N) is 1. The highest BCUT2D eigenvalue weighted by Crippen LogP contribution is 2.30. The molecule has 1 atom stereocenters. The molecule has 6 heteroatoms. The molecule has 1 saturated carbocycles. The van der Waals surface area contributed by atoms with Gasteiger partial charge in [0.1, 0.15) is 0 Å². The summed E-state index contributed by atoms with van der Waals surface area (Å²) in [5, 5.41) is 12.1. The summed E-state index contributed by atoms with van der Waals surface area (Å²) in [6, 6.07) is 0. The average Bonchev–Trinajstić information content (AvgIpc) is 3.01. The quantitative estimate of drug-likeness (QED) is 0.592. The molecule has 1 amide bonds. The molecule has 1 heterocycles. The lowest BCUT2D eigenvalue weighted by Crippen LogP contribution is -2.21. The first-order valence-electron chi connectivity index (χ1n) is 7.42. The fourth-order valence-corrected chi connectivity index (χ4v) is 3.03. The molecule has 0 saturated heterocycles. The number of aromatic nitrogens is 2. The third-order valence-electron chi connectivity index (χ3n) is 4.14. The molecule has 0 aliphatic heterocycles. The summed E-state index contributed by atoms with van der Waals surface area (Å²) < 4.78 is 5.01. The van der Waals surface area contributed by atoms with Crippen LogP contribution in [-0.2, 0) is 4.79 Å². The lowest BCUT2D eigenvalue weighted by Gasteiger charge is -2.22. The van der Waals surface area contributed by atoms with Crippen molar-refractivity contribution in [3.63, 3.8) is 0 Å². The molecule has 1 aliphatic rings. The van der Waals surface area contributed by atoms with Gasteiger partial charge in [-0.25, -0.2) is 5.48 Å². The van der Waals surface area contributed by atoms with Crippen LogP contribution in [0.5, 0.6) is 0 Å². The minimum atomic E-state index is -0.425. The fraction of sp³-hybridized carbons (Fsp3) is 0.786. The van der Waals surface area contributed by atoms with E-state index in [0.29, 0.717) is 5.89 Å². The summed E-state index contributed by atoms with van der Waals surface area (Å²) in [5.41, 5.74) is 1.66. The van der Waals surface area contributed by atoms with Crippen molar-refractivity contribution in [2.75, 3.05) is 0 Å². The molecule has 2 rings (SSSR count). The SMILES string of the molecule is O=C(C[C@@H](CCCC1CCCCC1)c1n[c]no1)NO. The van der Waals surface area contributed by atoms with Crippen LogP contribution in [0.15, 0.2) is 4.52 Å². The van der Waals surface area contributed by atoms with Crippen LogP contribution in [0.4, 0.5) is 0 Å². The summed E-state index contributed by atoms with van der Waals surface area (Å²) in [5.74, 6) is 0.693. The van der Waals surface area contributed by atoms with Crippen molar-refractivity contribution in [1.82, 2.24) is 15.6 Å². The molecule has 0 spiro atoms. The van der Waals surface area contributed by atoms with Crippen LogP contribution in [0.2, 0.25) is 0 Å². The van der Waals surface area contributed by atoms with Gasteiger partial charge in [0.2, 0.25) is 18.1 Å². The van der Waals surface area contributed by atoms with Gasteiger partial charge in [0.05, 0.1) is 0 Å². The summed E-state index contributed by atoms with van der Waals surface area (Å²) in [4.78, 5) is 15.2. The van der Waals surface area contributed by atoms with Crippen molar-refractivity contribution in [1.29, 1.82) is 0 Å². The highest BCUT2D eigenvalue weighted by molar-refractivity contribution is 5.75. The van der Waals surface area contributed by atoms with Crippen molar-refractivity contribution in [2.45, 2.75) is 63.7 Å². The monoisotopic (exact) mass is 280 g/mol. The topological polar surface area (TPSA) is 88.2 Å². The van der Waals surface area contributed by atoms with Gasteiger partial charge in [-0.15, -0.1) is 0 Å². The second-order valence-electron chi connectivity index (χ2n) is 5.60. The predicted molar refractivity (Wildman–Crippen MR) is 70.8 cm³/mol. The van der Waals surface area contributed by atoms with E-state index in [4.69, 9.17) is 9.73 Å². The molecular formula is C14H22N3O3. The molecule has 1 fully saturated rings. The molecule has 2 N–H and O–H groups in total. The Balaban J connectivity index is 1.79. The average molecular weight is 280 g/mol. The van der Waals surface area contributed by atoms with Gasteiger partial charge in [0, 0.05) is 12.3 Å². The van der Waals surface area contributed by atoms with Crippen LogP contribution in [0.1, 0.15) is 69.6 Å². The first-order chi connectivity index (χ1) is 9.79. The van der Waals surface area contributed by atoms with Crippen LogP contribution < -0.4 is 5.48 Å². The molecule has 1 aromatic rings. The Morgan fingerprint density at radius 1 is 1.45 bits per heavy atom. The zero-order valence-electron chi connectivity index (χ0n) is 11.7. The van der Waals surface area contributed by atoms with Crippen molar-refractivity contribution >= 4 is 5.91 Å². The zero-order chi connectivity index (χ0) is 14.2. The van der Waals surface area contributed by atoms with Gasteiger partial charge in [-0.3, -0.25) is 10.0 Å². The first-order valence-corrected chi connectivity index (χ1v) is 7.42. The highest BCUT2D eigenvalue weighted by Gasteiger charge is 2.22. The van der Waals surface area contributed by atoms with Crippen LogP contribution in [0.3, 0.4) is 0 Å². The second kappa shape index (κ2) is 7.99. The van der Waals surface area contributed by atoms with E-state index in [1.54, 1.807) is 5.48 Å². The molecular weight excluding hydrogens is 258 g/mol. The maximum atomic E-state index is 11.3. The van der Waals surface area contributed by atoms with Gasteiger partial charge < -0.3 is 4.52 Å². The summed E-state index contributed by atoms with van der Waals surface area (Å²) in [6.45, 7) is 0. The Morgan fingerprint density at radius 3 is 2.90 bits per heavy atom. The molecule has 6 nitrogen and oxygen atoms in total. The lowest BCUT2D eigenvalue weighted by atomic mass is 9.84. The van der Waals surface area contributed by atoms with Crippen molar-refractivity contribution in [3.8, 4) is 0 Å². The predicted octanol–water partition coefficient (Wildman–Crippen LogP) is 2.60. The Kier molecular flexibility index (Phi) is 5.98. The molecule has 1 aromatic heterocycles. The van der Waals surface area contributed by atoms with Gasteiger partial charge in [-0.05, 0) is 12.3 Å². The summed E-state index contributed by atoms with van der Waals surface area (Å²) in [7, 11) is 0. The van der Waals surface area contributed by atoms with E-state index < -0.39 is 5.91 Å². The van der Waals surface area contributed by atoms with Crippen molar-refractivity contribution in [2.24, 2.45) is 5.92 Å². The van der Waals surface area contributed by atoms with E-state index in [-0.39, 0.29) is 12.3 Å². The van der Waals surface area contributed by atoms with Gasteiger partial charge in [-0.2, -0.15) is 4.98 Å². The van der Waals surface area contributed by atoms with E-state index in [0.717, 1.165) is 18.8 Å². The molecule has 1 aliphatic carbocycles. The van der Waals surface area contributed by atoms with Crippen LogP contribution in [0.25, 0.3) is 0 Å². The maximum absolute atomic E-state index is 11.3. The van der Waals surface area contributed by atoms with Crippen LogP contribution in [-0.4, -0.2) is 21.3 Å². The molecule has 0 bridgehead atoms. The van der Waals surface area contributed by atoms with Gasteiger partial charge in [-0.1, -0.05) is 50.1 Å². The van der Waals surface area contributed by atoms with Gasteiger partial charge >= 0.3 is 0 Å². The minimum absolute atomic E-state index is 0.135. The Hall–Kier alpha value is -1.43. The smallest absolute Gasteiger partial charge is 0.244 e. The maximum Gasteiger partial charge on any atom is 0.244 e. The van der Waals surface area contributed by atoms with Gasteiger partial charge in [0.25, 0.3) is 0 Å². The Morgan fingerprint density at radius 2 is 2.25 bits per heavy atom. The standard InChI is InChI=1S/C14H22N3O3/c18-13(17-19)9-12(14-15-10-16-20-14)8-4-7-11-5-2-1-3-6-11/h11-12,19H,1-9H2,(H,17,18)/t12-/m1/s1. The largest absolute Gasteiger partial charge is 0.339 e. The summed E-state index contributed by atoms with van der Waals surface area (Å²) in [6.07, 6.45) is 12.3. The van der Waals surface area contributed by atoms with E-state index >= 15 is 0 Å². The zero-order valence-corrected chi connectivity index (χ0v) is 11.7. The normalized spacial score (nSPS) is 17.9. The Labute approximate surface area is 118 Å². The molecule has 0 unspecified atom stereocenters. The number of rotatable bonds is 7. The third-order valence-corrected chi connectivity index (χ3v) is 4.14. The molecule has 20 heavy (non-hydrogen) atoms. The molecule has 0 aromatic carbocycles. The summed E-state index contributed by atoms with van der Waals surface area (Å²) >= 11 is 0. The Bertz CT molecular complexity index is 388. The number of amides is 1. The minimum Gasteiger partial charge on any atom is -0.339 e. The van der Waals surface area contributed by atoms with E-state index in [1.807, 2.05) is 0 Å². The number of hydroxylamine groups is 1. The van der Waals surface area contributed by atoms with Crippen molar-refractivity contribution < 1.29 is 14.5 Å². The number of nitrogens with zero attached hydrogens (tertiary/aromatic N) is 2. The first kappa shape index (κ1) is 15.0. The van der Waals surface area contributed by atoms with E-state index in [1.165, 1.54) is 38.5 Å². The second-order valence-corrected chi connectivity index (χ2v) is 5.60. The van der Waals surface area contributed by atoms with E-state index in [2.05, 4.69) is 16.5 Å². The number of hydrogen-bond acceptors (Lipinski definition) is 5. The molecule has 1 radical (unpaired) electrons. The van der Waals surface area contributed by atoms with E-state index in [9.17, 15) is 4.79 Å². The van der Waals surface area contributed by atoms with Gasteiger partial charge in [0.15, 0.2) is 0 Å². The lowest BCUT2D eigenvalue weighted by molar-refractivity contribution is -0.129. The third kappa shape index (κ3) is 4.59. The number of carbonyl (C=O) groups excluding carboxylic acids is 1. The fourth-order valence-electron chi connectivity index (χ4n) is 3.03. The van der Waals surface area contributed by atoms with Crippen LogP contribution >= 0.6 is 0 Å². The molecule has 111 valence electrons. The van der Waals surface area contributed by atoms with Crippen molar-refractivity contribution in [3.05, 3.63) is 12.2 Å².